The highest BCUT2D eigenvalue weighted by molar-refractivity contribution is 5.26. The van der Waals surface area contributed by atoms with Crippen LogP contribution in [0, 0.1) is 5.92 Å². The van der Waals surface area contributed by atoms with E-state index < -0.39 is 0 Å². The Hall–Kier alpha value is -0.860. The third kappa shape index (κ3) is 6.53. The SMILES string of the molecule is CCCCC(CC)COCc1ccccc1CNCC. The van der Waals surface area contributed by atoms with Gasteiger partial charge in [0.05, 0.1) is 6.61 Å². The molecule has 1 rings (SSSR count). The molecule has 0 saturated heterocycles. The van der Waals surface area contributed by atoms with E-state index in [2.05, 4.69) is 50.4 Å². The second-order valence-corrected chi connectivity index (χ2v) is 5.48. The fraction of sp³-hybridized carbons (Fsp3) is 0.667. The van der Waals surface area contributed by atoms with Crippen LogP contribution in [0.5, 0.6) is 0 Å². The van der Waals surface area contributed by atoms with E-state index in [1.54, 1.807) is 0 Å². The summed E-state index contributed by atoms with van der Waals surface area (Å²) in [6, 6.07) is 8.57. The van der Waals surface area contributed by atoms with Crippen molar-refractivity contribution in [1.29, 1.82) is 0 Å². The standard InChI is InChI=1S/C18H31NO/c1-4-7-10-16(5-2)14-20-15-18-12-9-8-11-17(18)13-19-6-3/h8-9,11-12,16,19H,4-7,10,13-15H2,1-3H3. The summed E-state index contributed by atoms with van der Waals surface area (Å²) >= 11 is 0. The van der Waals surface area contributed by atoms with Crippen molar-refractivity contribution in [3.8, 4) is 0 Å². The molecule has 0 fully saturated rings. The molecule has 20 heavy (non-hydrogen) atoms. The summed E-state index contributed by atoms with van der Waals surface area (Å²) in [5.41, 5.74) is 2.68. The van der Waals surface area contributed by atoms with Gasteiger partial charge in [-0.25, -0.2) is 0 Å². The van der Waals surface area contributed by atoms with Crippen molar-refractivity contribution in [1.82, 2.24) is 5.32 Å². The number of nitrogens with one attached hydrogen (secondary N) is 1. The number of ether oxygens (including phenoxy) is 1. The monoisotopic (exact) mass is 277 g/mol. The predicted octanol–water partition coefficient (Wildman–Crippen LogP) is 4.53. The van der Waals surface area contributed by atoms with Gasteiger partial charge in [0, 0.05) is 13.2 Å². The molecule has 0 aliphatic heterocycles. The molecule has 2 nitrogen and oxygen atoms in total. The molecule has 2 heteroatoms. The van der Waals surface area contributed by atoms with Crippen LogP contribution in [0.1, 0.15) is 57.6 Å². The van der Waals surface area contributed by atoms with Gasteiger partial charge in [0.2, 0.25) is 0 Å². The Kier molecular flexibility index (Phi) is 9.35. The van der Waals surface area contributed by atoms with Gasteiger partial charge in [-0.2, -0.15) is 0 Å². The maximum Gasteiger partial charge on any atom is 0.0720 e. The van der Waals surface area contributed by atoms with Gasteiger partial charge >= 0.3 is 0 Å². The van der Waals surface area contributed by atoms with Gasteiger partial charge in [0.25, 0.3) is 0 Å². The molecule has 0 amide bonds. The summed E-state index contributed by atoms with van der Waals surface area (Å²) in [6.45, 7) is 10.2. The summed E-state index contributed by atoms with van der Waals surface area (Å²) in [5.74, 6) is 0.718. The maximum atomic E-state index is 5.96. The zero-order valence-electron chi connectivity index (χ0n) is 13.5. The third-order valence-electron chi connectivity index (χ3n) is 3.84. The van der Waals surface area contributed by atoms with Crippen molar-refractivity contribution in [2.24, 2.45) is 5.92 Å². The lowest BCUT2D eigenvalue weighted by molar-refractivity contribution is 0.0815. The Morgan fingerprint density at radius 1 is 1.10 bits per heavy atom. The van der Waals surface area contributed by atoms with E-state index in [4.69, 9.17) is 4.74 Å². The normalized spacial score (nSPS) is 12.6. The first-order valence-electron chi connectivity index (χ1n) is 8.16. The van der Waals surface area contributed by atoms with Gasteiger partial charge in [-0.05, 0) is 30.0 Å². The van der Waals surface area contributed by atoms with Crippen LogP contribution in [0.4, 0.5) is 0 Å². The number of benzene rings is 1. The van der Waals surface area contributed by atoms with E-state index >= 15 is 0 Å². The smallest absolute Gasteiger partial charge is 0.0720 e. The lowest BCUT2D eigenvalue weighted by Gasteiger charge is -2.16. The van der Waals surface area contributed by atoms with E-state index in [1.165, 1.54) is 36.8 Å². The van der Waals surface area contributed by atoms with Crippen LogP contribution < -0.4 is 5.32 Å². The van der Waals surface area contributed by atoms with E-state index in [-0.39, 0.29) is 0 Å². The summed E-state index contributed by atoms with van der Waals surface area (Å²) < 4.78 is 5.96. The molecule has 0 radical (unpaired) electrons. The van der Waals surface area contributed by atoms with E-state index in [0.29, 0.717) is 0 Å². The highest BCUT2D eigenvalue weighted by atomic mass is 16.5. The molecule has 0 bridgehead atoms. The molecule has 1 unspecified atom stereocenters. The van der Waals surface area contributed by atoms with Crippen molar-refractivity contribution in [2.45, 2.75) is 59.6 Å². The van der Waals surface area contributed by atoms with Crippen LogP contribution in [-0.4, -0.2) is 13.2 Å². The lowest BCUT2D eigenvalue weighted by atomic mass is 10.0. The number of hydrogen-bond donors (Lipinski definition) is 1. The molecule has 0 aliphatic carbocycles. The van der Waals surface area contributed by atoms with Crippen molar-refractivity contribution in [3.63, 3.8) is 0 Å². The Morgan fingerprint density at radius 3 is 2.50 bits per heavy atom. The fourth-order valence-corrected chi connectivity index (χ4v) is 2.36. The van der Waals surface area contributed by atoms with Gasteiger partial charge in [-0.3, -0.25) is 0 Å². The first-order valence-corrected chi connectivity index (χ1v) is 8.16. The average molecular weight is 277 g/mol. The molecule has 0 aromatic heterocycles. The van der Waals surface area contributed by atoms with Gasteiger partial charge < -0.3 is 10.1 Å². The largest absolute Gasteiger partial charge is 0.376 e. The minimum absolute atomic E-state index is 0.718. The summed E-state index contributed by atoms with van der Waals surface area (Å²) in [7, 11) is 0. The maximum absolute atomic E-state index is 5.96. The predicted molar refractivity (Wildman–Crippen MR) is 86.8 cm³/mol. The number of unbranched alkanes of at least 4 members (excludes halogenated alkanes) is 1. The second kappa shape index (κ2) is 10.9. The van der Waals surface area contributed by atoms with E-state index in [0.717, 1.165) is 32.2 Å². The molecule has 0 saturated carbocycles. The van der Waals surface area contributed by atoms with Gasteiger partial charge in [-0.15, -0.1) is 0 Å². The quantitative estimate of drug-likeness (QED) is 0.641. The molecule has 1 aromatic carbocycles. The molecule has 1 aromatic rings. The summed E-state index contributed by atoms with van der Waals surface area (Å²) in [4.78, 5) is 0. The lowest BCUT2D eigenvalue weighted by Crippen LogP contribution is -2.14. The van der Waals surface area contributed by atoms with Crippen LogP contribution in [0.3, 0.4) is 0 Å². The van der Waals surface area contributed by atoms with Gasteiger partial charge in [0.15, 0.2) is 0 Å². The van der Waals surface area contributed by atoms with Crippen molar-refractivity contribution < 1.29 is 4.74 Å². The highest BCUT2D eigenvalue weighted by Gasteiger charge is 2.07. The first-order chi connectivity index (χ1) is 9.81. The molecular formula is C18H31NO. The van der Waals surface area contributed by atoms with Gasteiger partial charge in [0.1, 0.15) is 0 Å². The topological polar surface area (TPSA) is 21.3 Å². The van der Waals surface area contributed by atoms with Crippen LogP contribution in [-0.2, 0) is 17.9 Å². The molecular weight excluding hydrogens is 246 g/mol. The van der Waals surface area contributed by atoms with E-state index in [1.807, 2.05) is 0 Å². The minimum atomic E-state index is 0.718. The van der Waals surface area contributed by atoms with Crippen molar-refractivity contribution in [3.05, 3.63) is 35.4 Å². The van der Waals surface area contributed by atoms with Crippen LogP contribution in [0.15, 0.2) is 24.3 Å². The zero-order chi connectivity index (χ0) is 14.6. The van der Waals surface area contributed by atoms with Crippen molar-refractivity contribution in [2.75, 3.05) is 13.2 Å². The first kappa shape index (κ1) is 17.2. The molecule has 1 N–H and O–H groups in total. The van der Waals surface area contributed by atoms with Crippen LogP contribution >= 0.6 is 0 Å². The Bertz CT molecular complexity index is 351. The second-order valence-electron chi connectivity index (χ2n) is 5.48. The molecule has 0 heterocycles. The Morgan fingerprint density at radius 2 is 1.85 bits per heavy atom. The van der Waals surface area contributed by atoms with Crippen LogP contribution in [0.25, 0.3) is 0 Å². The van der Waals surface area contributed by atoms with E-state index in [9.17, 15) is 0 Å². The Labute approximate surface area is 124 Å². The molecule has 0 spiro atoms. The Balaban J connectivity index is 2.40. The van der Waals surface area contributed by atoms with Gasteiger partial charge in [-0.1, -0.05) is 64.3 Å². The number of rotatable bonds is 11. The van der Waals surface area contributed by atoms with Crippen molar-refractivity contribution >= 4 is 0 Å². The zero-order valence-corrected chi connectivity index (χ0v) is 13.5. The molecule has 1 atom stereocenters. The number of hydrogen-bond acceptors (Lipinski definition) is 2. The third-order valence-corrected chi connectivity index (χ3v) is 3.84. The fourth-order valence-electron chi connectivity index (χ4n) is 2.36. The average Bonchev–Trinajstić information content (AvgIpc) is 2.49. The summed E-state index contributed by atoms with van der Waals surface area (Å²) in [5, 5.41) is 3.39. The molecule has 0 aliphatic rings. The summed E-state index contributed by atoms with van der Waals surface area (Å²) in [6.07, 6.45) is 5.12. The highest BCUT2D eigenvalue weighted by Crippen LogP contribution is 2.15. The minimum Gasteiger partial charge on any atom is -0.376 e. The van der Waals surface area contributed by atoms with Crippen LogP contribution in [0.2, 0.25) is 0 Å². The molecule has 114 valence electrons.